The number of carbonyl (C=O) groups excluding carboxylic acids is 1. The van der Waals surface area contributed by atoms with E-state index in [1.54, 1.807) is 19.1 Å². The van der Waals surface area contributed by atoms with Gasteiger partial charge in [0.1, 0.15) is 6.04 Å². The Bertz CT molecular complexity index is 1570. The van der Waals surface area contributed by atoms with Crippen LogP contribution in [0.25, 0.3) is 22.6 Å². The van der Waals surface area contributed by atoms with Crippen molar-refractivity contribution in [2.45, 2.75) is 30.3 Å². The third-order valence-electron chi connectivity index (χ3n) is 6.11. The van der Waals surface area contributed by atoms with Crippen LogP contribution >= 0.6 is 0 Å². The predicted octanol–water partition coefficient (Wildman–Crippen LogP) is 3.61. The van der Waals surface area contributed by atoms with Crippen LogP contribution in [0.4, 0.5) is 0 Å². The normalized spacial score (nSPS) is 17.6. The molecule has 2 atom stereocenters. The second-order valence-corrected chi connectivity index (χ2v) is 9.89. The quantitative estimate of drug-likeness (QED) is 0.315. The number of hydrogen-bond donors (Lipinski definition) is 2. The third-order valence-corrected chi connectivity index (χ3v) is 7.07. The van der Waals surface area contributed by atoms with Gasteiger partial charge in [0, 0.05) is 11.1 Å². The number of nitrogens with one attached hydrogen (secondary N) is 1. The number of aryl methyl sites for hydroxylation is 1. The highest BCUT2D eigenvalue weighted by Gasteiger charge is 2.44. The zero-order valence-corrected chi connectivity index (χ0v) is 19.5. The van der Waals surface area contributed by atoms with Gasteiger partial charge in [-0.05, 0) is 25.0 Å². The van der Waals surface area contributed by atoms with E-state index in [9.17, 15) is 22.6 Å². The van der Waals surface area contributed by atoms with Crippen LogP contribution in [0.3, 0.4) is 0 Å². The fourth-order valence-corrected chi connectivity index (χ4v) is 5.25. The van der Waals surface area contributed by atoms with Gasteiger partial charge in [0.15, 0.2) is 5.76 Å². The summed E-state index contributed by atoms with van der Waals surface area (Å²) in [6, 6.07) is 21.4. The molecule has 2 heterocycles. The van der Waals surface area contributed by atoms with Gasteiger partial charge in [-0.25, -0.2) is 4.79 Å². The smallest absolute Gasteiger partial charge is 0.407 e. The van der Waals surface area contributed by atoms with E-state index in [0.29, 0.717) is 28.1 Å². The summed E-state index contributed by atoms with van der Waals surface area (Å²) in [6.07, 6.45) is 0.0970. The number of aromatic nitrogens is 1. The molecule has 0 saturated carbocycles. The summed E-state index contributed by atoms with van der Waals surface area (Å²) < 4.78 is 40.5. The lowest BCUT2D eigenvalue weighted by Gasteiger charge is -2.37. The number of benzene rings is 3. The van der Waals surface area contributed by atoms with Crippen LogP contribution in [-0.2, 0) is 21.3 Å². The lowest BCUT2D eigenvalue weighted by Crippen LogP contribution is -2.61. The second kappa shape index (κ2) is 8.68. The Hall–Kier alpha value is -3.95. The lowest BCUT2D eigenvalue weighted by molar-refractivity contribution is -0.133. The molecule has 1 saturated heterocycles. The van der Waals surface area contributed by atoms with Crippen molar-refractivity contribution < 1.29 is 22.2 Å². The van der Waals surface area contributed by atoms with E-state index in [0.717, 1.165) is 5.56 Å². The molecule has 0 aliphatic carbocycles. The third kappa shape index (κ3) is 4.20. The topological polar surface area (TPSA) is 119 Å². The Morgan fingerprint density at radius 3 is 2.17 bits per heavy atom. The average Bonchev–Trinajstić information content (AvgIpc) is 3.15. The molecule has 0 unspecified atom stereocenters. The number of rotatable bonds is 6. The van der Waals surface area contributed by atoms with Gasteiger partial charge in [-0.15, -0.1) is 0 Å². The Kier molecular flexibility index (Phi) is 5.66. The van der Waals surface area contributed by atoms with Gasteiger partial charge in [0.05, 0.1) is 16.6 Å². The van der Waals surface area contributed by atoms with Crippen molar-refractivity contribution in [3.63, 3.8) is 0 Å². The Balaban J connectivity index is 1.63. The first-order valence-corrected chi connectivity index (χ1v) is 12.4. The highest BCUT2D eigenvalue weighted by molar-refractivity contribution is 7.85. The second-order valence-electron chi connectivity index (χ2n) is 8.50. The fourth-order valence-electron chi connectivity index (χ4n) is 4.54. The molecule has 1 aliphatic rings. The number of hydrogen-bond acceptors (Lipinski definition) is 5. The molecule has 0 spiro atoms. The predicted molar refractivity (Wildman–Crippen MR) is 130 cm³/mol. The molecular weight excluding hydrogens is 468 g/mol. The molecule has 1 aromatic heterocycles. The molecule has 1 fully saturated rings. The van der Waals surface area contributed by atoms with E-state index in [4.69, 9.17) is 4.42 Å². The average molecular weight is 491 g/mol. The summed E-state index contributed by atoms with van der Waals surface area (Å²) in [7, 11) is -4.47. The summed E-state index contributed by atoms with van der Waals surface area (Å²) in [6.45, 7) is 1.80. The fraction of sp³-hybridized carbons (Fsp3) is 0.154. The molecule has 9 heteroatoms. The molecule has 1 aliphatic heterocycles. The van der Waals surface area contributed by atoms with E-state index < -0.39 is 28.0 Å². The SMILES string of the molecule is Cc1ccc(S(=O)(=O)O)c(C[C@H]2NC(=O)[C@H]2n2c(-c3ccccc3)c(-c3ccccc3)oc2=O)c1. The molecule has 3 aromatic carbocycles. The first-order valence-electron chi connectivity index (χ1n) is 11.0. The number of β-lactam (4-membered cyclic amide) rings is 1. The number of amides is 1. The van der Waals surface area contributed by atoms with Crippen LogP contribution in [0.5, 0.6) is 0 Å². The van der Waals surface area contributed by atoms with Crippen molar-refractivity contribution in [3.05, 3.63) is 101 Å². The largest absolute Gasteiger partial charge is 0.420 e. The van der Waals surface area contributed by atoms with Crippen LogP contribution in [0, 0.1) is 6.92 Å². The van der Waals surface area contributed by atoms with Gasteiger partial charge >= 0.3 is 5.76 Å². The van der Waals surface area contributed by atoms with E-state index in [1.807, 2.05) is 60.7 Å². The van der Waals surface area contributed by atoms with Crippen molar-refractivity contribution in [1.82, 2.24) is 9.88 Å². The summed E-state index contributed by atoms with van der Waals surface area (Å²) in [5, 5.41) is 2.78. The zero-order valence-electron chi connectivity index (χ0n) is 18.7. The summed E-state index contributed by atoms with van der Waals surface area (Å²) in [4.78, 5) is 25.7. The Morgan fingerprint density at radius 2 is 1.57 bits per heavy atom. The number of oxazole rings is 1. The Labute approximate surface area is 201 Å². The van der Waals surface area contributed by atoms with Gasteiger partial charge < -0.3 is 9.73 Å². The minimum atomic E-state index is -4.47. The Morgan fingerprint density at radius 1 is 0.943 bits per heavy atom. The van der Waals surface area contributed by atoms with Gasteiger partial charge in [0.25, 0.3) is 10.1 Å². The molecular formula is C26H22N2O6S. The molecule has 0 radical (unpaired) electrons. The van der Waals surface area contributed by atoms with Gasteiger partial charge in [-0.3, -0.25) is 13.9 Å². The maximum atomic E-state index is 13.1. The molecule has 8 nitrogen and oxygen atoms in total. The number of nitrogens with zero attached hydrogens (tertiary/aromatic N) is 1. The van der Waals surface area contributed by atoms with Crippen molar-refractivity contribution >= 4 is 16.0 Å². The molecule has 5 rings (SSSR count). The highest BCUT2D eigenvalue weighted by Crippen LogP contribution is 2.36. The molecule has 4 aromatic rings. The summed E-state index contributed by atoms with van der Waals surface area (Å²) in [5.74, 6) is -0.725. The monoisotopic (exact) mass is 490 g/mol. The minimum Gasteiger partial charge on any atom is -0.407 e. The first kappa shape index (κ1) is 22.8. The standard InChI is InChI=1S/C26H22N2O6S/c1-16-12-13-21(35(31,32)33)19(14-16)15-20-23(25(29)27-20)28-22(17-8-4-2-5-9-17)24(34-26(28)30)18-10-6-3-7-11-18/h2-14,20,23H,15H2,1H3,(H,27,29)(H,31,32,33)/t20-,23+/m1/s1. The molecule has 178 valence electrons. The van der Waals surface area contributed by atoms with Crippen LogP contribution < -0.4 is 11.1 Å². The van der Waals surface area contributed by atoms with E-state index >= 15 is 0 Å². The maximum Gasteiger partial charge on any atom is 0.420 e. The van der Waals surface area contributed by atoms with Gasteiger partial charge in [-0.1, -0.05) is 78.4 Å². The molecule has 35 heavy (non-hydrogen) atoms. The minimum absolute atomic E-state index is 0.0970. The van der Waals surface area contributed by atoms with Gasteiger partial charge in [0.2, 0.25) is 5.91 Å². The molecule has 0 bridgehead atoms. The molecule has 1 amide bonds. The maximum absolute atomic E-state index is 13.1. The lowest BCUT2D eigenvalue weighted by atomic mass is 9.90. The van der Waals surface area contributed by atoms with E-state index in [2.05, 4.69) is 5.32 Å². The van der Waals surface area contributed by atoms with Crippen LogP contribution in [0.1, 0.15) is 17.2 Å². The number of carbonyl (C=O) groups is 1. The van der Waals surface area contributed by atoms with E-state index in [1.165, 1.54) is 10.6 Å². The van der Waals surface area contributed by atoms with Crippen molar-refractivity contribution in [2.75, 3.05) is 0 Å². The zero-order chi connectivity index (χ0) is 24.7. The first-order chi connectivity index (χ1) is 16.7. The van der Waals surface area contributed by atoms with Crippen molar-refractivity contribution in [3.8, 4) is 22.6 Å². The summed E-state index contributed by atoms with van der Waals surface area (Å²) >= 11 is 0. The van der Waals surface area contributed by atoms with Crippen LogP contribution in [0.2, 0.25) is 0 Å². The summed E-state index contributed by atoms with van der Waals surface area (Å²) in [5.41, 5.74) is 3.00. The van der Waals surface area contributed by atoms with Crippen LogP contribution in [-0.4, -0.2) is 29.5 Å². The van der Waals surface area contributed by atoms with E-state index in [-0.39, 0.29) is 17.2 Å². The highest BCUT2D eigenvalue weighted by atomic mass is 32.2. The van der Waals surface area contributed by atoms with Crippen LogP contribution in [0.15, 0.2) is 93.0 Å². The van der Waals surface area contributed by atoms with Gasteiger partial charge in [-0.2, -0.15) is 8.42 Å². The van der Waals surface area contributed by atoms with Crippen molar-refractivity contribution in [2.24, 2.45) is 0 Å². The molecule has 2 N–H and O–H groups in total. The van der Waals surface area contributed by atoms with Crippen molar-refractivity contribution in [1.29, 1.82) is 0 Å².